The molecule has 0 heterocycles. The maximum atomic E-state index is 12.3. The van der Waals surface area contributed by atoms with Gasteiger partial charge in [-0.1, -0.05) is 13.8 Å². The molecule has 1 aromatic rings. The fraction of sp³-hybridized carbons (Fsp3) is 0.429. The molecule has 1 amide bonds. The van der Waals surface area contributed by atoms with Crippen molar-refractivity contribution in [2.45, 2.75) is 19.9 Å². The number of ether oxygens (including phenoxy) is 2. The first-order valence-electron chi connectivity index (χ1n) is 6.27. The lowest BCUT2D eigenvalue weighted by molar-refractivity contribution is -0.140. The molecule has 0 aliphatic heterocycles. The molecule has 0 saturated carbocycles. The van der Waals surface area contributed by atoms with Crippen LogP contribution in [-0.4, -0.2) is 37.2 Å². The van der Waals surface area contributed by atoms with Crippen LogP contribution in [0.2, 0.25) is 0 Å². The van der Waals surface area contributed by atoms with Crippen LogP contribution in [0.4, 0.5) is 0 Å². The second-order valence-electron chi connectivity index (χ2n) is 4.72. The molecule has 0 unspecified atom stereocenters. The van der Waals surface area contributed by atoms with Gasteiger partial charge in [-0.2, -0.15) is 0 Å². The van der Waals surface area contributed by atoms with Crippen molar-refractivity contribution in [2.24, 2.45) is 5.92 Å². The minimum atomic E-state index is -1.07. The van der Waals surface area contributed by atoms with E-state index in [-0.39, 0.29) is 11.5 Å². The van der Waals surface area contributed by atoms with Crippen molar-refractivity contribution >= 4 is 27.8 Å². The number of carbonyl (C=O) groups is 2. The highest BCUT2D eigenvalue weighted by Crippen LogP contribution is 2.33. The zero-order valence-corrected chi connectivity index (χ0v) is 13.9. The fourth-order valence-corrected chi connectivity index (χ4v) is 2.26. The van der Waals surface area contributed by atoms with E-state index in [0.29, 0.717) is 16.0 Å². The van der Waals surface area contributed by atoms with Crippen molar-refractivity contribution in [3.8, 4) is 11.5 Å². The molecule has 116 valence electrons. The quantitative estimate of drug-likeness (QED) is 0.813. The Morgan fingerprint density at radius 3 is 2.14 bits per heavy atom. The van der Waals surface area contributed by atoms with Crippen LogP contribution in [0, 0.1) is 5.92 Å². The molecule has 1 atom stereocenters. The summed E-state index contributed by atoms with van der Waals surface area (Å²) in [4.78, 5) is 23.4. The van der Waals surface area contributed by atoms with Gasteiger partial charge in [-0.25, -0.2) is 4.79 Å². The lowest BCUT2D eigenvalue weighted by Gasteiger charge is -2.19. The highest BCUT2D eigenvalue weighted by atomic mass is 79.9. The van der Waals surface area contributed by atoms with Gasteiger partial charge in [-0.3, -0.25) is 4.79 Å². The van der Waals surface area contributed by atoms with E-state index < -0.39 is 17.9 Å². The third kappa shape index (κ3) is 4.10. The van der Waals surface area contributed by atoms with E-state index in [1.807, 2.05) is 0 Å². The van der Waals surface area contributed by atoms with Crippen LogP contribution in [0.15, 0.2) is 16.6 Å². The number of benzene rings is 1. The first-order valence-corrected chi connectivity index (χ1v) is 7.06. The molecule has 0 aliphatic rings. The number of aliphatic carboxylic acids is 1. The van der Waals surface area contributed by atoms with Gasteiger partial charge in [0.2, 0.25) is 0 Å². The molecular weight excluding hydrogens is 342 g/mol. The molecule has 0 aliphatic carbocycles. The van der Waals surface area contributed by atoms with Gasteiger partial charge in [0.1, 0.15) is 6.04 Å². The summed E-state index contributed by atoms with van der Waals surface area (Å²) in [5.74, 6) is -0.939. The van der Waals surface area contributed by atoms with E-state index in [0.717, 1.165) is 0 Å². The average Bonchev–Trinajstić information content (AvgIpc) is 2.43. The van der Waals surface area contributed by atoms with E-state index in [1.54, 1.807) is 19.9 Å². The zero-order valence-electron chi connectivity index (χ0n) is 12.3. The van der Waals surface area contributed by atoms with Crippen LogP contribution >= 0.6 is 15.9 Å². The molecule has 21 heavy (non-hydrogen) atoms. The monoisotopic (exact) mass is 359 g/mol. The summed E-state index contributed by atoms with van der Waals surface area (Å²) in [5.41, 5.74) is 0.277. The predicted molar refractivity (Wildman–Crippen MR) is 81.0 cm³/mol. The largest absolute Gasteiger partial charge is 0.493 e. The van der Waals surface area contributed by atoms with Crippen LogP contribution in [0.1, 0.15) is 24.2 Å². The lowest BCUT2D eigenvalue weighted by Crippen LogP contribution is -2.44. The maximum Gasteiger partial charge on any atom is 0.326 e. The van der Waals surface area contributed by atoms with E-state index in [2.05, 4.69) is 21.2 Å². The summed E-state index contributed by atoms with van der Waals surface area (Å²) in [6, 6.07) is 2.13. The van der Waals surface area contributed by atoms with Gasteiger partial charge in [0.15, 0.2) is 11.5 Å². The molecule has 0 radical (unpaired) electrons. The number of hydrogen-bond acceptors (Lipinski definition) is 4. The summed E-state index contributed by atoms with van der Waals surface area (Å²) in [6.45, 7) is 3.45. The van der Waals surface area contributed by atoms with Crippen molar-refractivity contribution in [3.05, 3.63) is 22.2 Å². The molecule has 6 nitrogen and oxygen atoms in total. The predicted octanol–water partition coefficient (Wildman–Crippen LogP) is 2.31. The lowest BCUT2D eigenvalue weighted by atomic mass is 10.0. The highest BCUT2D eigenvalue weighted by Gasteiger charge is 2.25. The minimum absolute atomic E-state index is 0.231. The Morgan fingerprint density at radius 2 is 1.71 bits per heavy atom. The molecule has 0 saturated heterocycles. The summed E-state index contributed by atoms with van der Waals surface area (Å²) in [5, 5.41) is 11.6. The molecular formula is C14H18BrNO5. The molecule has 0 spiro atoms. The van der Waals surface area contributed by atoms with Gasteiger partial charge in [-0.05, 0) is 34.0 Å². The van der Waals surface area contributed by atoms with Crippen LogP contribution in [0.3, 0.4) is 0 Å². The number of carboxylic acid groups (broad SMARTS) is 1. The van der Waals surface area contributed by atoms with E-state index in [9.17, 15) is 9.59 Å². The van der Waals surface area contributed by atoms with Gasteiger partial charge < -0.3 is 19.9 Å². The van der Waals surface area contributed by atoms with Gasteiger partial charge in [0, 0.05) is 4.47 Å². The van der Waals surface area contributed by atoms with Crippen molar-refractivity contribution in [2.75, 3.05) is 14.2 Å². The van der Waals surface area contributed by atoms with E-state index in [4.69, 9.17) is 14.6 Å². The number of methoxy groups -OCH3 is 2. The Bertz CT molecular complexity index is 544. The van der Waals surface area contributed by atoms with Crippen molar-refractivity contribution in [1.29, 1.82) is 0 Å². The van der Waals surface area contributed by atoms with Crippen LogP contribution in [-0.2, 0) is 4.79 Å². The van der Waals surface area contributed by atoms with Crippen molar-refractivity contribution < 1.29 is 24.2 Å². The van der Waals surface area contributed by atoms with Crippen molar-refractivity contribution in [3.63, 3.8) is 0 Å². The molecule has 2 N–H and O–H groups in total. The summed E-state index contributed by atoms with van der Waals surface area (Å²) >= 11 is 3.27. The van der Waals surface area contributed by atoms with Gasteiger partial charge in [0.05, 0.1) is 19.8 Å². The Balaban J connectivity index is 3.10. The number of amides is 1. The Kier molecular flexibility index (Phi) is 6.02. The first-order chi connectivity index (χ1) is 9.81. The molecule has 7 heteroatoms. The zero-order chi connectivity index (χ0) is 16.2. The fourth-order valence-electron chi connectivity index (χ4n) is 1.76. The molecule has 1 aromatic carbocycles. The van der Waals surface area contributed by atoms with Crippen molar-refractivity contribution in [1.82, 2.24) is 5.32 Å². The summed E-state index contributed by atoms with van der Waals surface area (Å²) < 4.78 is 10.8. The molecule has 0 aromatic heterocycles. The Morgan fingerprint density at radius 1 is 1.19 bits per heavy atom. The summed E-state index contributed by atoms with van der Waals surface area (Å²) in [6.07, 6.45) is 0. The molecule has 0 fully saturated rings. The number of halogens is 1. The highest BCUT2D eigenvalue weighted by molar-refractivity contribution is 9.10. The van der Waals surface area contributed by atoms with E-state index in [1.165, 1.54) is 20.3 Å². The van der Waals surface area contributed by atoms with Crippen LogP contribution in [0.5, 0.6) is 11.5 Å². The SMILES string of the molecule is COc1cc(Br)c(C(=O)N[C@H](C(=O)O)C(C)C)cc1OC. The first kappa shape index (κ1) is 17.3. The minimum Gasteiger partial charge on any atom is -0.493 e. The topological polar surface area (TPSA) is 84.9 Å². The second kappa shape index (κ2) is 7.31. The molecule has 0 bridgehead atoms. The van der Waals surface area contributed by atoms with Gasteiger partial charge in [-0.15, -0.1) is 0 Å². The van der Waals surface area contributed by atoms with E-state index >= 15 is 0 Å². The smallest absolute Gasteiger partial charge is 0.326 e. The summed E-state index contributed by atoms with van der Waals surface area (Å²) in [7, 11) is 2.95. The maximum absolute atomic E-state index is 12.3. The van der Waals surface area contributed by atoms with Gasteiger partial charge >= 0.3 is 5.97 Å². The normalized spacial score (nSPS) is 11.9. The molecule has 1 rings (SSSR count). The second-order valence-corrected chi connectivity index (χ2v) is 5.57. The third-order valence-electron chi connectivity index (χ3n) is 2.94. The van der Waals surface area contributed by atoms with Crippen LogP contribution in [0.25, 0.3) is 0 Å². The number of nitrogens with one attached hydrogen (secondary N) is 1. The third-order valence-corrected chi connectivity index (χ3v) is 3.59. The standard InChI is InChI=1S/C14H18BrNO5/c1-7(2)12(14(18)19)16-13(17)8-5-10(20-3)11(21-4)6-9(8)15/h5-7,12H,1-4H3,(H,16,17)(H,18,19)/t12-/m0/s1. The van der Waals surface area contributed by atoms with Gasteiger partial charge in [0.25, 0.3) is 5.91 Å². The Labute approximate surface area is 131 Å². The Hall–Kier alpha value is -1.76. The van der Waals surface area contributed by atoms with Crippen LogP contribution < -0.4 is 14.8 Å². The number of carboxylic acids is 1. The average molecular weight is 360 g/mol. The number of hydrogen-bond donors (Lipinski definition) is 2. The number of rotatable bonds is 6. The number of carbonyl (C=O) groups excluding carboxylic acids is 1.